The van der Waals surface area contributed by atoms with E-state index in [0.717, 1.165) is 16.1 Å². The molecule has 2 heterocycles. The number of fused-ring (bicyclic) bond motifs is 1. The van der Waals surface area contributed by atoms with E-state index in [1.807, 2.05) is 13.9 Å². The molecule has 0 unspecified atom stereocenters. The highest BCUT2D eigenvalue weighted by Gasteiger charge is 2.47. The van der Waals surface area contributed by atoms with E-state index >= 15 is 4.39 Å². The van der Waals surface area contributed by atoms with Gasteiger partial charge in [-0.25, -0.2) is 13.8 Å². The summed E-state index contributed by atoms with van der Waals surface area (Å²) in [7, 11) is 3.31. The molecule has 1 aliphatic carbocycles. The number of methoxy groups -OCH3 is 1. The van der Waals surface area contributed by atoms with E-state index in [-0.39, 0.29) is 57.9 Å². The number of nitrogens with two attached hydrogens (primary N) is 1. The first-order valence-electron chi connectivity index (χ1n) is 13.7. The minimum atomic E-state index is -1.79. The third kappa shape index (κ3) is 5.96. The van der Waals surface area contributed by atoms with Gasteiger partial charge in [-0.2, -0.15) is 0 Å². The lowest BCUT2D eigenvalue weighted by Crippen LogP contribution is -2.43. The van der Waals surface area contributed by atoms with Crippen LogP contribution in [0.15, 0.2) is 40.9 Å². The zero-order valence-electron chi connectivity index (χ0n) is 23.9. The molecule has 4 N–H and O–H groups in total. The van der Waals surface area contributed by atoms with E-state index in [9.17, 15) is 19.1 Å². The fraction of sp³-hybridized carbons (Fsp3) is 0.267. The summed E-state index contributed by atoms with van der Waals surface area (Å²) in [4.78, 5) is 35.1. The maximum atomic E-state index is 15.1. The summed E-state index contributed by atoms with van der Waals surface area (Å²) >= 11 is 9.42. The molecule has 228 valence electrons. The van der Waals surface area contributed by atoms with Crippen LogP contribution in [0.1, 0.15) is 46.2 Å². The number of aromatic nitrogens is 2. The van der Waals surface area contributed by atoms with Crippen molar-refractivity contribution in [2.75, 3.05) is 20.3 Å². The second-order valence-electron chi connectivity index (χ2n) is 10.5. The van der Waals surface area contributed by atoms with Gasteiger partial charge in [0.15, 0.2) is 13.6 Å². The molecule has 4 aromatic rings. The Labute approximate surface area is 265 Å². The Morgan fingerprint density at radius 1 is 1.18 bits per heavy atom. The third-order valence-corrected chi connectivity index (χ3v) is 8.59. The minimum Gasteiger partial charge on any atom is -0.494 e. The molecule has 9 nitrogen and oxygen atoms in total. The first-order chi connectivity index (χ1) is 20.9. The van der Waals surface area contributed by atoms with Gasteiger partial charge in [0.2, 0.25) is 0 Å². The van der Waals surface area contributed by atoms with Crippen LogP contribution in [0.5, 0.6) is 11.5 Å². The molecular formula is C30H27BBrClF2N4O5. The standard InChI is InChI=1S/C30H27BBrClF2N4O5/c1-3-44-26-17(28(36)40)10-23(38-25(26)16-9-19(33)21(35)11-20(16)34)30(42,15-4-5-15)12-37-29(41)14-6-13-7-18(32)27(31)39-24(13)22(8-14)43-2/h6-11,15,42H,3-5,12,31H2,1-2H3,(H2,36,40)(H,37,41)/t30-/m1/s1. The Hall–Kier alpha value is -3.81. The average Bonchev–Trinajstić information content (AvgIpc) is 3.84. The van der Waals surface area contributed by atoms with Crippen LogP contribution in [-0.4, -0.2) is 55.0 Å². The number of nitrogens with zero attached hydrogens (tertiary/aromatic N) is 2. The number of aliphatic hydroxyl groups is 1. The Kier molecular flexibility index (Phi) is 8.83. The fourth-order valence-corrected chi connectivity index (χ4v) is 5.54. The molecule has 1 atom stereocenters. The van der Waals surface area contributed by atoms with Gasteiger partial charge < -0.3 is 25.6 Å². The van der Waals surface area contributed by atoms with Crippen LogP contribution < -0.4 is 26.1 Å². The number of amides is 2. The number of primary amides is 1. The first-order valence-corrected chi connectivity index (χ1v) is 14.8. The van der Waals surface area contributed by atoms with Gasteiger partial charge in [0.05, 0.1) is 36.5 Å². The van der Waals surface area contributed by atoms with E-state index in [1.165, 1.54) is 13.2 Å². The van der Waals surface area contributed by atoms with Crippen LogP contribution in [0.2, 0.25) is 5.02 Å². The second kappa shape index (κ2) is 12.3. The number of carbonyl (C=O) groups is 2. The average molecular weight is 688 g/mol. The van der Waals surface area contributed by atoms with Gasteiger partial charge in [-0.15, -0.1) is 0 Å². The number of halogens is 4. The van der Waals surface area contributed by atoms with Crippen LogP contribution in [0.4, 0.5) is 8.78 Å². The number of ether oxygens (including phenoxy) is 2. The lowest BCUT2D eigenvalue weighted by Gasteiger charge is -2.29. The zero-order chi connectivity index (χ0) is 31.9. The molecule has 2 aromatic carbocycles. The number of pyridine rings is 2. The Morgan fingerprint density at radius 3 is 2.55 bits per heavy atom. The van der Waals surface area contributed by atoms with E-state index in [1.54, 1.807) is 19.1 Å². The summed E-state index contributed by atoms with van der Waals surface area (Å²) in [6, 6.07) is 7.91. The van der Waals surface area contributed by atoms with Crippen molar-refractivity contribution in [3.63, 3.8) is 0 Å². The number of hydrogen-bond donors (Lipinski definition) is 3. The summed E-state index contributed by atoms with van der Waals surface area (Å²) < 4.78 is 41.0. The quantitative estimate of drug-likeness (QED) is 0.171. The van der Waals surface area contributed by atoms with Crippen molar-refractivity contribution >= 4 is 63.7 Å². The summed E-state index contributed by atoms with van der Waals surface area (Å²) in [6.07, 6.45) is 1.20. The van der Waals surface area contributed by atoms with Gasteiger partial charge in [-0.3, -0.25) is 14.6 Å². The lowest BCUT2D eigenvalue weighted by molar-refractivity contribution is 0.00946. The monoisotopic (exact) mass is 686 g/mol. The van der Waals surface area contributed by atoms with Gasteiger partial charge in [0, 0.05) is 32.6 Å². The molecule has 2 aromatic heterocycles. The molecule has 1 fully saturated rings. The van der Waals surface area contributed by atoms with Gasteiger partial charge in [0.25, 0.3) is 11.8 Å². The molecule has 14 heteroatoms. The molecule has 5 rings (SSSR count). The normalized spacial score (nSPS) is 14.2. The molecule has 0 aliphatic heterocycles. The van der Waals surface area contributed by atoms with Gasteiger partial charge >= 0.3 is 0 Å². The molecule has 1 aliphatic rings. The van der Waals surface area contributed by atoms with Crippen molar-refractivity contribution in [2.24, 2.45) is 11.7 Å². The molecule has 44 heavy (non-hydrogen) atoms. The summed E-state index contributed by atoms with van der Waals surface area (Å²) in [5, 5.41) is 15.1. The van der Waals surface area contributed by atoms with Crippen molar-refractivity contribution in [2.45, 2.75) is 25.4 Å². The predicted molar refractivity (Wildman–Crippen MR) is 167 cm³/mol. The maximum Gasteiger partial charge on any atom is 0.252 e. The fourth-order valence-electron chi connectivity index (χ4n) is 5.05. The molecular weight excluding hydrogens is 661 g/mol. The van der Waals surface area contributed by atoms with Crippen molar-refractivity contribution in [1.29, 1.82) is 0 Å². The summed E-state index contributed by atoms with van der Waals surface area (Å²) in [6.45, 7) is 1.40. The van der Waals surface area contributed by atoms with Crippen LogP contribution >= 0.6 is 27.5 Å². The number of benzene rings is 2. The van der Waals surface area contributed by atoms with Crippen molar-refractivity contribution < 1.29 is 33.0 Å². The molecule has 0 spiro atoms. The SMILES string of the molecule is Bc1nc2c(OC)cc(C(=O)NC[C@](O)(c3cc(C(N)=O)c(OCC)c(-c4cc(Cl)c(F)cc4F)n3)C3CC3)cc2cc1Br. The van der Waals surface area contributed by atoms with Crippen LogP contribution in [-0.2, 0) is 5.60 Å². The molecule has 2 amide bonds. The van der Waals surface area contributed by atoms with E-state index < -0.39 is 29.0 Å². The summed E-state index contributed by atoms with van der Waals surface area (Å²) in [5.74, 6) is -3.55. The predicted octanol–water partition coefficient (Wildman–Crippen LogP) is 3.78. The Balaban J connectivity index is 1.57. The summed E-state index contributed by atoms with van der Waals surface area (Å²) in [5.41, 5.74) is 4.80. The molecule has 1 saturated carbocycles. The molecule has 0 saturated heterocycles. The maximum absolute atomic E-state index is 15.1. The van der Waals surface area contributed by atoms with E-state index in [0.29, 0.717) is 35.6 Å². The lowest BCUT2D eigenvalue weighted by atomic mass is 9.90. The number of carbonyl (C=O) groups excluding carboxylic acids is 2. The minimum absolute atomic E-state index is 0.0490. The van der Waals surface area contributed by atoms with E-state index in [4.69, 9.17) is 26.8 Å². The number of rotatable bonds is 10. The number of hydrogen-bond acceptors (Lipinski definition) is 7. The third-order valence-electron chi connectivity index (χ3n) is 7.50. The Bertz CT molecular complexity index is 1830. The van der Waals surface area contributed by atoms with E-state index in [2.05, 4.69) is 31.2 Å². The topological polar surface area (TPSA) is 137 Å². The Morgan fingerprint density at radius 2 is 1.91 bits per heavy atom. The van der Waals surface area contributed by atoms with Crippen LogP contribution in [0.25, 0.3) is 22.2 Å². The largest absolute Gasteiger partial charge is 0.494 e. The van der Waals surface area contributed by atoms with Gasteiger partial charge in [-0.1, -0.05) is 11.6 Å². The van der Waals surface area contributed by atoms with Crippen molar-refractivity contribution in [1.82, 2.24) is 15.3 Å². The molecule has 0 radical (unpaired) electrons. The second-order valence-corrected chi connectivity index (χ2v) is 11.7. The smallest absolute Gasteiger partial charge is 0.252 e. The van der Waals surface area contributed by atoms with Crippen LogP contribution in [0.3, 0.4) is 0 Å². The highest BCUT2D eigenvalue weighted by Crippen LogP contribution is 2.47. The van der Waals surface area contributed by atoms with Crippen molar-refractivity contribution in [3.8, 4) is 22.8 Å². The van der Waals surface area contributed by atoms with Crippen LogP contribution in [0, 0.1) is 17.6 Å². The van der Waals surface area contributed by atoms with Crippen molar-refractivity contribution in [3.05, 3.63) is 74.3 Å². The first kappa shape index (κ1) is 31.6. The number of nitrogens with one attached hydrogen (secondary N) is 1. The highest BCUT2D eigenvalue weighted by molar-refractivity contribution is 9.10. The van der Waals surface area contributed by atoms with Gasteiger partial charge in [0.1, 0.15) is 34.2 Å². The molecule has 0 bridgehead atoms. The highest BCUT2D eigenvalue weighted by atomic mass is 79.9. The zero-order valence-corrected chi connectivity index (χ0v) is 26.3. The van der Waals surface area contributed by atoms with Gasteiger partial charge in [-0.05, 0) is 71.9 Å².